The quantitative estimate of drug-likeness (QED) is 0.186. The largest absolute Gasteiger partial charge is 0.455 e. The Morgan fingerprint density at radius 3 is 1.92 bits per heavy atom. The summed E-state index contributed by atoms with van der Waals surface area (Å²) in [6, 6.07) is 40.9. The average Bonchev–Trinajstić information content (AvgIpc) is 3.91. The summed E-state index contributed by atoms with van der Waals surface area (Å²) in [6.07, 6.45) is 0. The van der Waals surface area contributed by atoms with Crippen molar-refractivity contribution in [2.75, 3.05) is 0 Å². The molecule has 0 fully saturated rings. The lowest BCUT2D eigenvalue weighted by atomic mass is 10.1. The molecule has 0 spiro atoms. The molecule has 0 atom stereocenters. The van der Waals surface area contributed by atoms with Gasteiger partial charge in [0.15, 0.2) is 17.5 Å². The predicted octanol–water partition coefficient (Wildman–Crippen LogP) is 12.2. The van der Waals surface area contributed by atoms with Crippen molar-refractivity contribution in [1.82, 2.24) is 19.5 Å². The van der Waals surface area contributed by atoms with Gasteiger partial charge in [0.05, 0.1) is 23.5 Å². The monoisotopic (exact) mass is 675 g/mol. The zero-order valence-corrected chi connectivity index (χ0v) is 27.5. The van der Waals surface area contributed by atoms with E-state index in [9.17, 15) is 0 Å². The van der Waals surface area contributed by atoms with Crippen LogP contribution in [0.1, 0.15) is 6.85 Å². The number of benzene rings is 7. The van der Waals surface area contributed by atoms with Gasteiger partial charge >= 0.3 is 0 Å². The Morgan fingerprint density at radius 1 is 0.510 bits per heavy atom. The van der Waals surface area contributed by atoms with E-state index in [0.717, 1.165) is 47.7 Å². The van der Waals surface area contributed by atoms with Crippen molar-refractivity contribution < 1.29 is 11.3 Å². The van der Waals surface area contributed by atoms with Crippen LogP contribution < -0.4 is 0 Å². The molecule has 11 rings (SSSR count). The maximum absolute atomic E-state index is 8.76. The summed E-state index contributed by atoms with van der Waals surface area (Å²) in [5.41, 5.74) is 5.86. The predicted molar refractivity (Wildman–Crippen MR) is 211 cm³/mol. The minimum atomic E-state index is -0.484. The van der Waals surface area contributed by atoms with Gasteiger partial charge in [0.25, 0.3) is 0 Å². The number of thiophene rings is 1. The number of fused-ring (bicyclic) bond motifs is 9. The molecule has 11 aromatic rings. The van der Waals surface area contributed by atoms with E-state index in [0.29, 0.717) is 28.1 Å². The van der Waals surface area contributed by atoms with Crippen LogP contribution in [0.2, 0.25) is 0 Å². The van der Waals surface area contributed by atoms with E-state index in [1.807, 2.05) is 54.6 Å². The topological polar surface area (TPSA) is 56.7 Å². The summed E-state index contributed by atoms with van der Waals surface area (Å²) in [7, 11) is 0. The van der Waals surface area contributed by atoms with Crippen LogP contribution in [-0.4, -0.2) is 19.5 Å². The summed E-state index contributed by atoms with van der Waals surface area (Å²) < 4.78 is 53.3. The van der Waals surface area contributed by atoms with E-state index in [4.69, 9.17) is 26.2 Å². The molecule has 5 nitrogen and oxygen atoms in total. The van der Waals surface area contributed by atoms with E-state index < -0.39 is 18.1 Å². The van der Waals surface area contributed by atoms with Crippen molar-refractivity contribution in [1.29, 1.82) is 0 Å². The Labute approximate surface area is 302 Å². The molecule has 7 aromatic carbocycles. The minimum Gasteiger partial charge on any atom is -0.455 e. The lowest BCUT2D eigenvalue weighted by Crippen LogP contribution is -2.00. The highest BCUT2D eigenvalue weighted by Crippen LogP contribution is 2.40. The molecular weight excluding hydrogens is 645 g/mol. The number of aromatic nitrogens is 4. The molecule has 0 saturated carbocycles. The van der Waals surface area contributed by atoms with E-state index in [1.54, 1.807) is 11.3 Å². The zero-order chi connectivity index (χ0) is 37.8. The molecule has 4 aromatic heterocycles. The number of hydrogen-bond donors (Lipinski definition) is 0. The highest BCUT2D eigenvalue weighted by atomic mass is 32.1. The lowest BCUT2D eigenvalue weighted by molar-refractivity contribution is 0.669. The van der Waals surface area contributed by atoms with Crippen molar-refractivity contribution in [3.63, 3.8) is 0 Å². The summed E-state index contributed by atoms with van der Waals surface area (Å²) in [6.45, 7) is 0. The summed E-state index contributed by atoms with van der Waals surface area (Å²) in [4.78, 5) is 14.6. The van der Waals surface area contributed by atoms with Gasteiger partial charge in [0.2, 0.25) is 0 Å². The van der Waals surface area contributed by atoms with Crippen molar-refractivity contribution in [2.24, 2.45) is 0 Å². The van der Waals surface area contributed by atoms with Crippen LogP contribution in [0.5, 0.6) is 0 Å². The van der Waals surface area contributed by atoms with Crippen LogP contribution in [0, 0.1) is 0 Å². The highest BCUT2D eigenvalue weighted by Gasteiger charge is 2.19. The van der Waals surface area contributed by atoms with Gasteiger partial charge in [-0.2, -0.15) is 0 Å². The van der Waals surface area contributed by atoms with Gasteiger partial charge in [-0.1, -0.05) is 115 Å². The van der Waals surface area contributed by atoms with Gasteiger partial charge in [-0.25, -0.2) is 15.0 Å². The highest BCUT2D eigenvalue weighted by molar-refractivity contribution is 7.25. The van der Waals surface area contributed by atoms with Crippen LogP contribution in [0.25, 0.3) is 104 Å². The summed E-state index contributed by atoms with van der Waals surface area (Å²) in [5.74, 6) is 0.534. The number of rotatable bonds is 4. The van der Waals surface area contributed by atoms with Gasteiger partial charge in [-0.05, 0) is 42.5 Å². The molecule has 0 saturated heterocycles. The second kappa shape index (κ2) is 10.9. The number of nitrogens with zero attached hydrogens (tertiary/aromatic N) is 4. The molecule has 6 heteroatoms. The standard InChI is InChI=1S/C45H26N4OS/c1-2-11-27(12-3-1)43-46-44(48-45(47-43)36-17-10-16-35-32-15-6-9-20-39(32)50-42(35)36)28-21-23-33-34-24-22-29(26-41(34)51-40(33)25-28)49-37-18-7-4-13-30(37)31-14-5-8-19-38(31)49/h1-26H/i1D,2D,3D,11D,12D. The first-order chi connectivity index (χ1) is 27.3. The fraction of sp³-hybridized carbons (Fsp3) is 0. The Kier molecular flexibility index (Phi) is 5.08. The van der Waals surface area contributed by atoms with Crippen LogP contribution in [0.4, 0.5) is 0 Å². The fourth-order valence-corrected chi connectivity index (χ4v) is 8.45. The molecule has 51 heavy (non-hydrogen) atoms. The molecule has 0 aliphatic carbocycles. The van der Waals surface area contributed by atoms with Gasteiger partial charge in [-0.15, -0.1) is 11.3 Å². The van der Waals surface area contributed by atoms with Crippen LogP contribution in [-0.2, 0) is 0 Å². The molecule has 0 radical (unpaired) electrons. The Hall–Kier alpha value is -6.63. The molecule has 0 N–H and O–H groups in total. The number of hydrogen-bond acceptors (Lipinski definition) is 5. The molecule has 0 bridgehead atoms. The average molecular weight is 676 g/mol. The van der Waals surface area contributed by atoms with E-state index in [-0.39, 0.29) is 29.3 Å². The second-order valence-electron chi connectivity index (χ2n) is 12.4. The molecule has 238 valence electrons. The summed E-state index contributed by atoms with van der Waals surface area (Å²) in [5, 5.41) is 6.47. The van der Waals surface area contributed by atoms with Crippen molar-refractivity contribution in [3.05, 3.63) is 158 Å². The van der Waals surface area contributed by atoms with Gasteiger partial charge in [0.1, 0.15) is 11.2 Å². The minimum absolute atomic E-state index is 0.0256. The van der Waals surface area contributed by atoms with Crippen LogP contribution in [0.3, 0.4) is 0 Å². The third-order valence-corrected chi connectivity index (χ3v) is 10.7. The SMILES string of the molecule is [2H]c1c([2H])c([2H])c(-c2nc(-c3ccc4c(c3)sc3cc(-n5c6ccccc6c6ccccc65)ccc34)nc(-c3cccc4c3oc3ccccc34)n2)c([2H])c1[2H]. The molecule has 4 heterocycles. The number of furan rings is 1. The molecule has 0 unspecified atom stereocenters. The van der Waals surface area contributed by atoms with Gasteiger partial charge in [-0.3, -0.25) is 0 Å². The van der Waals surface area contributed by atoms with Crippen molar-refractivity contribution in [3.8, 4) is 39.9 Å². The van der Waals surface area contributed by atoms with E-state index >= 15 is 0 Å². The Bertz CT molecular complexity index is 3380. The molecule has 0 aliphatic heterocycles. The number of para-hydroxylation sites is 4. The van der Waals surface area contributed by atoms with Gasteiger partial charge < -0.3 is 8.98 Å². The molecule has 0 aliphatic rings. The van der Waals surface area contributed by atoms with Crippen LogP contribution in [0.15, 0.2) is 162 Å². The maximum atomic E-state index is 8.76. The first-order valence-corrected chi connectivity index (χ1v) is 17.3. The third kappa shape index (κ3) is 4.37. The Morgan fingerprint density at radius 2 is 1.14 bits per heavy atom. The fourth-order valence-electron chi connectivity index (χ4n) is 7.27. The normalized spacial score (nSPS) is 13.3. The van der Waals surface area contributed by atoms with Crippen molar-refractivity contribution in [2.45, 2.75) is 0 Å². The molecule has 0 amide bonds. The second-order valence-corrected chi connectivity index (χ2v) is 13.5. The maximum Gasteiger partial charge on any atom is 0.167 e. The van der Waals surface area contributed by atoms with Crippen molar-refractivity contribution >= 4 is 75.3 Å². The molecular formula is C45H26N4OS. The van der Waals surface area contributed by atoms with E-state index in [2.05, 4.69) is 77.4 Å². The first kappa shape index (κ1) is 23.7. The zero-order valence-electron chi connectivity index (χ0n) is 31.7. The third-order valence-electron chi connectivity index (χ3n) is 9.56. The van der Waals surface area contributed by atoms with E-state index in [1.165, 1.54) is 10.8 Å². The summed E-state index contributed by atoms with van der Waals surface area (Å²) >= 11 is 1.68. The lowest BCUT2D eigenvalue weighted by Gasteiger charge is -2.09. The van der Waals surface area contributed by atoms with Gasteiger partial charge in [0, 0.05) is 58.5 Å². The van der Waals surface area contributed by atoms with Crippen LogP contribution >= 0.6 is 11.3 Å². The smallest absolute Gasteiger partial charge is 0.167 e. The Balaban J connectivity index is 1.11. The first-order valence-electron chi connectivity index (χ1n) is 19.0.